The molecule has 3 aromatic rings. The molecule has 2 atom stereocenters. The van der Waals surface area contributed by atoms with Crippen LogP contribution in [-0.4, -0.2) is 60.5 Å². The van der Waals surface area contributed by atoms with Gasteiger partial charge in [-0.15, -0.1) is 11.3 Å². The minimum Gasteiger partial charge on any atom is -0.493 e. The first kappa shape index (κ1) is 28.8. The van der Waals surface area contributed by atoms with Crippen LogP contribution in [0.5, 0.6) is 11.5 Å². The van der Waals surface area contributed by atoms with Crippen LogP contribution in [0.25, 0.3) is 0 Å². The number of rotatable bonds is 10. The molecule has 0 aliphatic carbocycles. The van der Waals surface area contributed by atoms with Crippen molar-refractivity contribution in [1.29, 1.82) is 0 Å². The van der Waals surface area contributed by atoms with Crippen LogP contribution >= 0.6 is 22.9 Å². The summed E-state index contributed by atoms with van der Waals surface area (Å²) < 4.78 is 17.8. The van der Waals surface area contributed by atoms with E-state index in [4.69, 9.17) is 30.9 Å². The number of aromatic nitrogens is 1. The van der Waals surface area contributed by atoms with E-state index in [-0.39, 0.29) is 31.9 Å². The van der Waals surface area contributed by atoms with E-state index in [0.29, 0.717) is 43.2 Å². The summed E-state index contributed by atoms with van der Waals surface area (Å²) in [6.45, 7) is 3.83. The Morgan fingerprint density at radius 2 is 1.97 bits per heavy atom. The number of methoxy groups -OCH3 is 2. The molecule has 2 aromatic carbocycles. The summed E-state index contributed by atoms with van der Waals surface area (Å²) in [6, 6.07) is 10.7. The second kappa shape index (κ2) is 11.9. The summed E-state index contributed by atoms with van der Waals surface area (Å²) in [7, 11) is 3.08. The number of nitrogens with zero attached hydrogens (tertiary/aromatic N) is 2. The molecule has 0 spiro atoms. The number of amides is 1. The molecule has 1 aliphatic heterocycles. The van der Waals surface area contributed by atoms with Crippen molar-refractivity contribution in [2.75, 3.05) is 32.3 Å². The highest BCUT2D eigenvalue weighted by atomic mass is 35.5. The number of carboxylic acids is 1. The van der Waals surface area contributed by atoms with Crippen molar-refractivity contribution in [2.45, 2.75) is 38.9 Å². The van der Waals surface area contributed by atoms with Gasteiger partial charge in [0.05, 0.1) is 25.6 Å². The Hall–Kier alpha value is -3.18. The first-order chi connectivity index (χ1) is 18.6. The van der Waals surface area contributed by atoms with Crippen molar-refractivity contribution in [1.82, 2.24) is 4.98 Å². The van der Waals surface area contributed by atoms with Gasteiger partial charge >= 0.3 is 5.97 Å². The fourth-order valence-corrected chi connectivity index (χ4v) is 5.66. The molecule has 0 fully saturated rings. The summed E-state index contributed by atoms with van der Waals surface area (Å²) >= 11 is 7.69. The van der Waals surface area contributed by atoms with Crippen LogP contribution in [0.3, 0.4) is 0 Å². The molecule has 4 rings (SSSR count). The van der Waals surface area contributed by atoms with Crippen LogP contribution in [0.4, 0.5) is 5.69 Å². The standard InChI is InChI=1S/C28H31ClN2O7S/c1-28(2,15-32)14-31-20-9-8-16(29)10-19(20)25(18-6-5-7-21(36-3)26(18)37-4)38-22(27(31)35)12-23-30-13-17(39-23)11-24(33)34/h5-10,13,22,25,32H,11-12,14-15H2,1-4H3,(H,33,34)/t22-,25-/m1/s1. The summed E-state index contributed by atoms with van der Waals surface area (Å²) in [4.78, 5) is 31.9. The Labute approximate surface area is 235 Å². The number of halogens is 1. The van der Waals surface area contributed by atoms with Crippen molar-refractivity contribution >= 4 is 40.5 Å². The van der Waals surface area contributed by atoms with Gasteiger partial charge in [-0.25, -0.2) is 4.98 Å². The average molecular weight is 575 g/mol. The molecule has 0 unspecified atom stereocenters. The lowest BCUT2D eigenvalue weighted by molar-refractivity contribution is -0.136. The van der Waals surface area contributed by atoms with Crippen molar-refractivity contribution in [3.8, 4) is 11.5 Å². The zero-order valence-corrected chi connectivity index (χ0v) is 23.7. The molecule has 2 N–H and O–H groups in total. The molecule has 0 radical (unpaired) electrons. The summed E-state index contributed by atoms with van der Waals surface area (Å²) in [6.07, 6.45) is -0.252. The number of fused-ring (bicyclic) bond motifs is 1. The molecular weight excluding hydrogens is 544 g/mol. The van der Waals surface area contributed by atoms with E-state index in [2.05, 4.69) is 4.98 Å². The van der Waals surface area contributed by atoms with Crippen molar-refractivity contribution in [3.05, 3.63) is 68.6 Å². The number of aliphatic hydroxyl groups excluding tert-OH is 1. The number of anilines is 1. The molecule has 0 saturated heterocycles. The van der Waals surface area contributed by atoms with Gasteiger partial charge in [0.1, 0.15) is 12.2 Å². The smallest absolute Gasteiger partial charge is 0.308 e. The maximum atomic E-state index is 14.1. The van der Waals surface area contributed by atoms with Gasteiger partial charge in [0.25, 0.3) is 5.91 Å². The van der Waals surface area contributed by atoms with Crippen LogP contribution < -0.4 is 14.4 Å². The fraction of sp³-hybridized carbons (Fsp3) is 0.393. The highest BCUT2D eigenvalue weighted by Crippen LogP contribution is 2.45. The molecule has 0 bridgehead atoms. The highest BCUT2D eigenvalue weighted by Gasteiger charge is 2.40. The lowest BCUT2D eigenvalue weighted by Gasteiger charge is -2.32. The molecule has 11 heteroatoms. The number of hydrogen-bond acceptors (Lipinski definition) is 8. The molecule has 1 aromatic heterocycles. The van der Waals surface area contributed by atoms with E-state index in [1.165, 1.54) is 24.6 Å². The Bertz CT molecular complexity index is 1360. The van der Waals surface area contributed by atoms with Crippen LogP contribution in [0.1, 0.15) is 41.0 Å². The summed E-state index contributed by atoms with van der Waals surface area (Å²) in [5, 5.41) is 20.2. The SMILES string of the molecule is COc1cccc([C@H]2O[C@H](Cc3ncc(CC(=O)O)s3)C(=O)N(CC(C)(C)CO)c3ccc(Cl)cc32)c1OC. The number of hydrogen-bond donors (Lipinski definition) is 2. The molecule has 9 nitrogen and oxygen atoms in total. The predicted octanol–water partition coefficient (Wildman–Crippen LogP) is 4.52. The predicted molar refractivity (Wildman–Crippen MR) is 148 cm³/mol. The second-order valence-electron chi connectivity index (χ2n) is 10.0. The molecular formula is C28H31ClN2O7S. The van der Waals surface area contributed by atoms with Crippen LogP contribution in [0.15, 0.2) is 42.6 Å². The first-order valence-corrected chi connectivity index (χ1v) is 13.5. The quantitative estimate of drug-likeness (QED) is 0.363. The zero-order chi connectivity index (χ0) is 28.3. The Morgan fingerprint density at radius 3 is 2.64 bits per heavy atom. The average Bonchev–Trinajstić information content (AvgIpc) is 3.30. The molecule has 2 heterocycles. The zero-order valence-electron chi connectivity index (χ0n) is 22.1. The van der Waals surface area contributed by atoms with E-state index in [0.717, 1.165) is 0 Å². The number of aliphatic hydroxyl groups is 1. The fourth-order valence-electron chi connectivity index (χ4n) is 4.54. The van der Waals surface area contributed by atoms with Gasteiger partial charge in [-0.1, -0.05) is 37.6 Å². The minimum absolute atomic E-state index is 0.129. The minimum atomic E-state index is -0.976. The third-order valence-corrected chi connectivity index (χ3v) is 7.68. The van der Waals surface area contributed by atoms with Gasteiger partial charge in [-0.2, -0.15) is 0 Å². The lowest BCUT2D eigenvalue weighted by atomic mass is 9.92. The van der Waals surface area contributed by atoms with Crippen molar-refractivity contribution in [2.24, 2.45) is 5.41 Å². The maximum absolute atomic E-state index is 14.1. The van der Waals surface area contributed by atoms with Crippen molar-refractivity contribution < 1.29 is 34.0 Å². The topological polar surface area (TPSA) is 118 Å². The van der Waals surface area contributed by atoms with Crippen LogP contribution in [-0.2, 0) is 27.2 Å². The number of thiazole rings is 1. The number of aliphatic carboxylic acids is 1. The van der Waals surface area contributed by atoms with Gasteiger partial charge in [-0.3, -0.25) is 9.59 Å². The van der Waals surface area contributed by atoms with E-state index in [9.17, 15) is 14.7 Å². The number of para-hydroxylation sites is 1. The number of carbonyl (C=O) groups excluding carboxylic acids is 1. The van der Waals surface area contributed by atoms with Gasteiger partial charge < -0.3 is 29.3 Å². The molecule has 39 heavy (non-hydrogen) atoms. The molecule has 0 saturated carbocycles. The van der Waals surface area contributed by atoms with E-state index < -0.39 is 23.6 Å². The lowest BCUT2D eigenvalue weighted by Crippen LogP contribution is -2.45. The van der Waals surface area contributed by atoms with Crippen LogP contribution in [0, 0.1) is 5.41 Å². The van der Waals surface area contributed by atoms with E-state index in [1.807, 2.05) is 26.0 Å². The van der Waals surface area contributed by atoms with Gasteiger partial charge in [0.2, 0.25) is 0 Å². The Kier molecular flexibility index (Phi) is 8.80. The van der Waals surface area contributed by atoms with E-state index >= 15 is 0 Å². The largest absolute Gasteiger partial charge is 0.493 e. The molecule has 1 aliphatic rings. The summed E-state index contributed by atoms with van der Waals surface area (Å²) in [5.41, 5.74) is 1.30. The van der Waals surface area contributed by atoms with E-state index in [1.54, 1.807) is 36.3 Å². The Balaban J connectivity index is 1.87. The van der Waals surface area contributed by atoms with Crippen LogP contribution in [0.2, 0.25) is 5.02 Å². The Morgan fingerprint density at radius 1 is 1.21 bits per heavy atom. The number of benzene rings is 2. The number of ether oxygens (including phenoxy) is 3. The second-order valence-corrected chi connectivity index (χ2v) is 11.7. The van der Waals surface area contributed by atoms with Gasteiger partial charge in [0.15, 0.2) is 11.5 Å². The molecule has 208 valence electrons. The number of carbonyl (C=O) groups is 2. The molecule has 1 amide bonds. The van der Waals surface area contributed by atoms with Crippen molar-refractivity contribution in [3.63, 3.8) is 0 Å². The third kappa shape index (κ3) is 6.36. The first-order valence-electron chi connectivity index (χ1n) is 12.3. The maximum Gasteiger partial charge on any atom is 0.308 e. The normalized spacial score (nSPS) is 17.5. The van der Waals surface area contributed by atoms with Gasteiger partial charge in [-0.05, 0) is 24.3 Å². The van der Waals surface area contributed by atoms with Gasteiger partial charge in [0, 0.05) is 57.9 Å². The monoisotopic (exact) mass is 574 g/mol. The third-order valence-electron chi connectivity index (χ3n) is 6.42. The summed E-state index contributed by atoms with van der Waals surface area (Å²) in [5.74, 6) is -0.295. The number of carboxylic acid groups (broad SMARTS) is 1. The highest BCUT2D eigenvalue weighted by molar-refractivity contribution is 7.11.